The first-order valence-corrected chi connectivity index (χ1v) is 14.2. The molecule has 0 unspecified atom stereocenters. The maximum Gasteiger partial charge on any atom is 2.00 e. The van der Waals surface area contributed by atoms with Crippen LogP contribution in [0.15, 0.2) is 133 Å². The van der Waals surface area contributed by atoms with Crippen LogP contribution >= 0.6 is 11.6 Å². The summed E-state index contributed by atoms with van der Waals surface area (Å²) in [6.45, 7) is 4.33. The van der Waals surface area contributed by atoms with Crippen molar-refractivity contribution in [2.75, 3.05) is 6.38 Å². The number of hydrogen-bond acceptors (Lipinski definition) is 0. The van der Waals surface area contributed by atoms with Crippen molar-refractivity contribution in [2.45, 2.75) is 13.8 Å². The molecule has 8 rings (SSSR count). The van der Waals surface area contributed by atoms with Gasteiger partial charge in [-0.25, -0.2) is 0 Å². The van der Waals surface area contributed by atoms with E-state index in [1.807, 2.05) is 0 Å². The van der Waals surface area contributed by atoms with E-state index in [4.69, 9.17) is 0 Å². The molecule has 0 aliphatic heterocycles. The monoisotopic (exact) mass is 628 g/mol. The third kappa shape index (κ3) is 5.50. The predicted octanol–water partition coefficient (Wildman–Crippen LogP) is 10.5. The maximum absolute atomic E-state index is 4.64. The van der Waals surface area contributed by atoms with Gasteiger partial charge in [-0.3, -0.25) is 0 Å². The number of aryl methyl sites for hydroxylation is 2. The van der Waals surface area contributed by atoms with Gasteiger partial charge in [0.2, 0.25) is 0 Å². The molecule has 2 aromatic heterocycles. The molecule has 0 atom stereocenters. The summed E-state index contributed by atoms with van der Waals surface area (Å²) in [5.74, 6) is 0. The fraction of sp³-hybridized carbons (Fsp3) is 0.0811. The normalized spacial score (nSPS) is 10.7. The van der Waals surface area contributed by atoms with Gasteiger partial charge in [-0.05, 0) is 49.5 Å². The molecule has 2 nitrogen and oxygen atoms in total. The number of rotatable bonds is 2. The van der Waals surface area contributed by atoms with E-state index in [2.05, 4.69) is 168 Å². The van der Waals surface area contributed by atoms with Crippen molar-refractivity contribution >= 4 is 55.0 Å². The van der Waals surface area contributed by atoms with Gasteiger partial charge in [-0.1, -0.05) is 48.5 Å². The van der Waals surface area contributed by atoms with Crippen molar-refractivity contribution in [3.8, 4) is 11.4 Å². The van der Waals surface area contributed by atoms with Crippen molar-refractivity contribution in [1.29, 1.82) is 0 Å². The molecule has 6 aromatic carbocycles. The molecule has 0 aliphatic rings. The van der Waals surface area contributed by atoms with Gasteiger partial charge in [-0.15, -0.1) is 93.8 Å². The number of alkyl halides is 1. The average molecular weight is 630 g/mol. The third-order valence-corrected chi connectivity index (χ3v) is 7.51. The summed E-state index contributed by atoms with van der Waals surface area (Å²) in [5.41, 5.74) is 7.60. The zero-order valence-corrected chi connectivity index (χ0v) is 26.7. The Balaban J connectivity index is 0.000000152. The van der Waals surface area contributed by atoms with E-state index in [1.54, 1.807) is 0 Å². The molecule has 0 amide bonds. The van der Waals surface area contributed by atoms with Gasteiger partial charge in [-0.2, -0.15) is 0 Å². The molecule has 0 saturated carbocycles. The smallest absolute Gasteiger partial charge is 0.332 e. The molecular weight excluding hydrogens is 599 g/mol. The molecular formula is C37H31ClN2Zr. The maximum atomic E-state index is 4.64. The van der Waals surface area contributed by atoms with E-state index in [1.165, 1.54) is 72.5 Å². The summed E-state index contributed by atoms with van der Waals surface area (Å²) >= 11 is 4.64. The molecule has 200 valence electrons. The van der Waals surface area contributed by atoms with Gasteiger partial charge >= 0.3 is 26.2 Å². The molecule has 0 radical (unpaired) electrons. The second kappa shape index (κ2) is 12.5. The van der Waals surface area contributed by atoms with Gasteiger partial charge in [0.1, 0.15) is 0 Å². The summed E-state index contributed by atoms with van der Waals surface area (Å²) < 4.78 is 4.66. The summed E-state index contributed by atoms with van der Waals surface area (Å²) in [5, 5.41) is 7.80. The first-order chi connectivity index (χ1) is 19.7. The fourth-order valence-electron chi connectivity index (χ4n) is 5.80. The van der Waals surface area contributed by atoms with Crippen LogP contribution in [0, 0.1) is 13.8 Å². The van der Waals surface area contributed by atoms with Crippen LogP contribution in [0.2, 0.25) is 0 Å². The molecule has 0 spiro atoms. The van der Waals surface area contributed by atoms with Crippen LogP contribution in [0.25, 0.3) is 54.7 Å². The Morgan fingerprint density at radius 3 is 1.20 bits per heavy atom. The predicted molar refractivity (Wildman–Crippen MR) is 174 cm³/mol. The molecule has 0 aliphatic carbocycles. The van der Waals surface area contributed by atoms with Crippen molar-refractivity contribution in [3.63, 3.8) is 0 Å². The number of nitrogens with zero attached hydrogens (tertiary/aromatic N) is 2. The largest absolute Gasteiger partial charge is 2.00 e. The number of benzene rings is 4. The molecule has 41 heavy (non-hydrogen) atoms. The van der Waals surface area contributed by atoms with Gasteiger partial charge in [0, 0.05) is 28.5 Å². The summed E-state index contributed by atoms with van der Waals surface area (Å²) in [4.78, 5) is 0. The van der Waals surface area contributed by atoms with Crippen LogP contribution in [0.1, 0.15) is 11.4 Å². The molecule has 0 fully saturated rings. The topological polar surface area (TPSA) is 9.86 Å². The SMILES string of the molecule is CCl.Cc1cc2ccccc2n1-c1cc2ccccc2[cH-]1.Cc1cc2ccccc2n1-c1cc2ccccc2[cH-]1.[Zr+2]. The van der Waals surface area contributed by atoms with Crippen LogP contribution < -0.4 is 0 Å². The van der Waals surface area contributed by atoms with Crippen LogP contribution in [0.4, 0.5) is 0 Å². The van der Waals surface area contributed by atoms with Crippen LogP contribution in [0.5, 0.6) is 0 Å². The van der Waals surface area contributed by atoms with Crippen molar-refractivity contribution in [2.24, 2.45) is 0 Å². The number of para-hydroxylation sites is 2. The second-order valence-corrected chi connectivity index (χ2v) is 10.0. The Labute approximate surface area is 265 Å². The van der Waals surface area contributed by atoms with E-state index in [9.17, 15) is 0 Å². The molecule has 8 aromatic rings. The molecule has 0 N–H and O–H groups in total. The zero-order valence-electron chi connectivity index (χ0n) is 23.5. The van der Waals surface area contributed by atoms with Gasteiger partial charge in [0.15, 0.2) is 0 Å². The number of halogens is 1. The summed E-state index contributed by atoms with van der Waals surface area (Å²) in [7, 11) is 0. The van der Waals surface area contributed by atoms with E-state index < -0.39 is 0 Å². The zero-order chi connectivity index (χ0) is 27.6. The summed E-state index contributed by atoms with van der Waals surface area (Å²) in [6.07, 6.45) is 1.47. The number of hydrogen-bond donors (Lipinski definition) is 0. The Bertz CT molecular complexity index is 1850. The van der Waals surface area contributed by atoms with Crippen LogP contribution in [0.3, 0.4) is 0 Å². The summed E-state index contributed by atoms with van der Waals surface area (Å²) in [6, 6.07) is 47.6. The average Bonchev–Trinajstić information content (AvgIpc) is 3.75. The molecule has 4 heteroatoms. The van der Waals surface area contributed by atoms with Gasteiger partial charge in [0.25, 0.3) is 0 Å². The standard InChI is InChI=1S/2C18H14N.CH3Cl.Zr/c2*1-13-10-16-8-4-5-9-18(16)19(13)17-11-14-6-2-3-7-15(14)12-17;1-2;/h2*2-12H,1H3;1H3;/q2*-1;;+2. The van der Waals surface area contributed by atoms with Gasteiger partial charge in [0.05, 0.1) is 11.0 Å². The Morgan fingerprint density at radius 1 is 0.463 bits per heavy atom. The van der Waals surface area contributed by atoms with E-state index in [0.717, 1.165) is 0 Å². The van der Waals surface area contributed by atoms with Crippen LogP contribution in [-0.4, -0.2) is 15.5 Å². The third-order valence-electron chi connectivity index (χ3n) is 7.51. The Morgan fingerprint density at radius 2 is 0.805 bits per heavy atom. The second-order valence-electron chi connectivity index (χ2n) is 10.0. The minimum absolute atomic E-state index is 0. The van der Waals surface area contributed by atoms with Crippen molar-refractivity contribution in [1.82, 2.24) is 9.13 Å². The van der Waals surface area contributed by atoms with Crippen molar-refractivity contribution in [3.05, 3.63) is 145 Å². The van der Waals surface area contributed by atoms with E-state index >= 15 is 0 Å². The molecule has 2 heterocycles. The Kier molecular flexibility index (Phi) is 8.78. The van der Waals surface area contributed by atoms with E-state index in [-0.39, 0.29) is 26.2 Å². The van der Waals surface area contributed by atoms with Crippen LogP contribution in [-0.2, 0) is 26.2 Å². The number of aromatic nitrogens is 2. The quantitative estimate of drug-likeness (QED) is 0.133. The minimum Gasteiger partial charge on any atom is -0.332 e. The first-order valence-electron chi connectivity index (χ1n) is 13.5. The number of fused-ring (bicyclic) bond motifs is 4. The van der Waals surface area contributed by atoms with E-state index in [0.29, 0.717) is 0 Å². The molecule has 0 bridgehead atoms. The van der Waals surface area contributed by atoms with Gasteiger partial charge < -0.3 is 9.13 Å². The minimum atomic E-state index is 0. The Hall–Kier alpha value is -3.65. The molecule has 0 saturated heterocycles. The van der Waals surface area contributed by atoms with Crippen molar-refractivity contribution < 1.29 is 26.2 Å². The first kappa shape index (κ1) is 28.9. The fourth-order valence-corrected chi connectivity index (χ4v) is 5.80.